The number of hydrogen-bond donors (Lipinski definition) is 0. The highest BCUT2D eigenvalue weighted by Gasteiger charge is 2.22. The third kappa shape index (κ3) is 4.37. The van der Waals surface area contributed by atoms with Gasteiger partial charge in [0.2, 0.25) is 0 Å². The van der Waals surface area contributed by atoms with Crippen LogP contribution in [0.4, 0.5) is 17.1 Å². The van der Waals surface area contributed by atoms with Crippen molar-refractivity contribution in [1.82, 2.24) is 4.57 Å². The van der Waals surface area contributed by atoms with Crippen LogP contribution in [-0.4, -0.2) is 4.57 Å². The Morgan fingerprint density at radius 1 is 0.408 bits per heavy atom. The molecule has 0 aliphatic heterocycles. The van der Waals surface area contributed by atoms with Gasteiger partial charge >= 0.3 is 0 Å². The summed E-state index contributed by atoms with van der Waals surface area (Å²) in [5.74, 6) is 0. The van der Waals surface area contributed by atoms with Crippen LogP contribution in [-0.2, 0) is 0 Å². The molecule has 10 rings (SSSR count). The molecule has 0 atom stereocenters. The van der Waals surface area contributed by atoms with E-state index in [1.165, 1.54) is 32.6 Å². The van der Waals surface area contributed by atoms with Crippen LogP contribution in [0.1, 0.15) is 0 Å². The molecular formula is C46H30N2O. The lowest BCUT2D eigenvalue weighted by Gasteiger charge is -2.30. The molecule has 0 unspecified atom stereocenters. The fourth-order valence-corrected chi connectivity index (χ4v) is 7.55. The normalized spacial score (nSPS) is 11.7. The molecule has 3 nitrogen and oxygen atoms in total. The van der Waals surface area contributed by atoms with Crippen molar-refractivity contribution in [2.75, 3.05) is 4.90 Å². The van der Waals surface area contributed by atoms with E-state index in [9.17, 15) is 0 Å². The minimum Gasteiger partial charge on any atom is -0.456 e. The zero-order valence-corrected chi connectivity index (χ0v) is 26.6. The molecule has 2 aromatic heterocycles. The molecule has 2 heterocycles. The van der Waals surface area contributed by atoms with Crippen molar-refractivity contribution in [3.8, 4) is 16.8 Å². The van der Waals surface area contributed by atoms with Gasteiger partial charge < -0.3 is 13.9 Å². The summed E-state index contributed by atoms with van der Waals surface area (Å²) in [6.45, 7) is 0. The molecule has 0 radical (unpaired) electrons. The van der Waals surface area contributed by atoms with Crippen LogP contribution >= 0.6 is 0 Å². The fraction of sp³-hybridized carbons (Fsp3) is 0. The number of hydrogen-bond acceptors (Lipinski definition) is 2. The highest BCUT2D eigenvalue weighted by atomic mass is 16.3. The van der Waals surface area contributed by atoms with Crippen LogP contribution < -0.4 is 4.90 Å². The summed E-state index contributed by atoms with van der Waals surface area (Å²) in [5.41, 5.74) is 10.8. The summed E-state index contributed by atoms with van der Waals surface area (Å²) in [5, 5.41) is 7.12. The lowest BCUT2D eigenvalue weighted by atomic mass is 9.99. The van der Waals surface area contributed by atoms with Crippen molar-refractivity contribution >= 4 is 71.6 Å². The number of anilines is 3. The van der Waals surface area contributed by atoms with Gasteiger partial charge in [0.25, 0.3) is 0 Å². The molecule has 3 heteroatoms. The molecule has 0 aliphatic carbocycles. The molecule has 230 valence electrons. The van der Waals surface area contributed by atoms with Crippen molar-refractivity contribution in [2.24, 2.45) is 0 Å². The van der Waals surface area contributed by atoms with Gasteiger partial charge in [-0.05, 0) is 83.1 Å². The predicted octanol–water partition coefficient (Wildman–Crippen LogP) is 13.0. The molecule has 0 saturated heterocycles. The van der Waals surface area contributed by atoms with Crippen molar-refractivity contribution in [1.29, 1.82) is 0 Å². The Morgan fingerprint density at radius 3 is 1.78 bits per heavy atom. The Morgan fingerprint density at radius 2 is 1.00 bits per heavy atom. The van der Waals surface area contributed by atoms with Gasteiger partial charge in [-0.1, -0.05) is 115 Å². The first-order chi connectivity index (χ1) is 24.3. The molecule has 49 heavy (non-hydrogen) atoms. The van der Waals surface area contributed by atoms with Crippen LogP contribution in [0.2, 0.25) is 0 Å². The number of para-hydroxylation sites is 6. The highest BCUT2D eigenvalue weighted by molar-refractivity contribution is 6.12. The Labute approximate surface area is 283 Å². The molecule has 0 bridgehead atoms. The van der Waals surface area contributed by atoms with Gasteiger partial charge in [0.05, 0.1) is 28.1 Å². The van der Waals surface area contributed by atoms with Crippen molar-refractivity contribution in [3.05, 3.63) is 182 Å². The van der Waals surface area contributed by atoms with Crippen LogP contribution in [0.5, 0.6) is 0 Å². The third-order valence-electron chi connectivity index (χ3n) is 9.75. The second-order valence-corrected chi connectivity index (χ2v) is 12.6. The summed E-state index contributed by atoms with van der Waals surface area (Å²) in [6, 6.07) is 65.0. The zero-order valence-electron chi connectivity index (χ0n) is 26.6. The van der Waals surface area contributed by atoms with E-state index in [0.717, 1.165) is 55.8 Å². The smallest absolute Gasteiger partial charge is 0.136 e. The van der Waals surface area contributed by atoms with Crippen LogP contribution in [0.15, 0.2) is 186 Å². The Hall–Kier alpha value is -6.58. The minimum absolute atomic E-state index is 0.892. The molecule has 10 aromatic rings. The van der Waals surface area contributed by atoms with Gasteiger partial charge in [-0.25, -0.2) is 0 Å². The summed E-state index contributed by atoms with van der Waals surface area (Å²) < 4.78 is 8.79. The van der Waals surface area contributed by atoms with Crippen molar-refractivity contribution in [3.63, 3.8) is 0 Å². The summed E-state index contributed by atoms with van der Waals surface area (Å²) >= 11 is 0. The van der Waals surface area contributed by atoms with E-state index in [-0.39, 0.29) is 0 Å². The van der Waals surface area contributed by atoms with Crippen LogP contribution in [0.25, 0.3) is 71.3 Å². The maximum absolute atomic E-state index is 6.38. The van der Waals surface area contributed by atoms with E-state index >= 15 is 0 Å². The van der Waals surface area contributed by atoms with Gasteiger partial charge in [0, 0.05) is 32.8 Å². The molecule has 8 aromatic carbocycles. The Balaban J connectivity index is 1.22. The van der Waals surface area contributed by atoms with Gasteiger partial charge in [-0.15, -0.1) is 0 Å². The Bertz CT molecular complexity index is 2790. The summed E-state index contributed by atoms with van der Waals surface area (Å²) in [7, 11) is 0. The van der Waals surface area contributed by atoms with E-state index in [1.54, 1.807) is 0 Å². The first kappa shape index (κ1) is 27.5. The minimum atomic E-state index is 0.892. The maximum atomic E-state index is 6.38. The van der Waals surface area contributed by atoms with E-state index in [0.29, 0.717) is 0 Å². The number of nitrogens with zero attached hydrogens (tertiary/aromatic N) is 2. The monoisotopic (exact) mass is 626 g/mol. The summed E-state index contributed by atoms with van der Waals surface area (Å²) in [4.78, 5) is 2.40. The van der Waals surface area contributed by atoms with Crippen LogP contribution in [0.3, 0.4) is 0 Å². The number of aromatic nitrogens is 1. The number of rotatable bonds is 5. The number of furan rings is 1. The maximum Gasteiger partial charge on any atom is 0.136 e. The lowest BCUT2D eigenvalue weighted by molar-refractivity contribution is 0.669. The van der Waals surface area contributed by atoms with Crippen molar-refractivity contribution in [2.45, 2.75) is 0 Å². The molecule has 0 fully saturated rings. The predicted molar refractivity (Wildman–Crippen MR) is 206 cm³/mol. The van der Waals surface area contributed by atoms with Crippen LogP contribution in [0, 0.1) is 0 Å². The standard InChI is InChI=1S/C46H30N2O/c1-2-16-34(17-3-1)47(43-24-12-13-25-44(43)48-41-22-10-7-19-36(41)37-20-8-11-23-42(37)48)40-21-9-6-18-35(40)33-26-27-45-38(29-33)39-28-31-14-4-5-15-32(31)30-46(39)49-45/h1-30H. The second kappa shape index (κ2) is 11.0. The fourth-order valence-electron chi connectivity index (χ4n) is 7.55. The highest BCUT2D eigenvalue weighted by Crippen LogP contribution is 2.45. The molecule has 0 aliphatic rings. The van der Waals surface area contributed by atoms with E-state index in [1.807, 2.05) is 0 Å². The van der Waals surface area contributed by atoms with Crippen molar-refractivity contribution < 1.29 is 4.42 Å². The molecule has 0 saturated carbocycles. The van der Waals surface area contributed by atoms with Gasteiger partial charge in [-0.3, -0.25) is 0 Å². The average molecular weight is 627 g/mol. The molecule has 0 amide bonds. The van der Waals surface area contributed by atoms with E-state index in [4.69, 9.17) is 4.42 Å². The molecular weight excluding hydrogens is 597 g/mol. The Kier molecular flexibility index (Phi) is 6.18. The quantitative estimate of drug-likeness (QED) is 0.190. The molecule has 0 N–H and O–H groups in total. The van der Waals surface area contributed by atoms with Gasteiger partial charge in [0.15, 0.2) is 0 Å². The average Bonchev–Trinajstić information content (AvgIpc) is 3.69. The summed E-state index contributed by atoms with van der Waals surface area (Å²) in [6.07, 6.45) is 0. The van der Waals surface area contributed by atoms with Gasteiger partial charge in [0.1, 0.15) is 11.2 Å². The van der Waals surface area contributed by atoms with Gasteiger partial charge in [-0.2, -0.15) is 0 Å². The van der Waals surface area contributed by atoms with E-state index in [2.05, 4.69) is 191 Å². The largest absolute Gasteiger partial charge is 0.456 e. The SMILES string of the molecule is c1ccc(N(c2ccccc2-c2ccc3oc4cc5ccccc5cc4c3c2)c2ccccc2-n2c3ccccc3c3ccccc32)cc1. The molecule has 0 spiro atoms. The zero-order chi connectivity index (χ0) is 32.3. The number of fused-ring (bicyclic) bond motifs is 7. The second-order valence-electron chi connectivity index (χ2n) is 12.6. The van der Waals surface area contributed by atoms with E-state index < -0.39 is 0 Å². The number of benzene rings is 8. The third-order valence-corrected chi connectivity index (χ3v) is 9.75. The first-order valence-corrected chi connectivity index (χ1v) is 16.7. The first-order valence-electron chi connectivity index (χ1n) is 16.7. The lowest BCUT2D eigenvalue weighted by Crippen LogP contribution is -2.14. The topological polar surface area (TPSA) is 21.3 Å².